The standard InChI is InChI=1S/C11H13Cl3O3S/c1-3-4-7(2)17-8-5-6-9(18(14,15)16)11(13)10(8)12/h5-7H,3-4H2,1-2H3. The molecule has 1 rings (SSSR count). The van der Waals surface area contributed by atoms with Gasteiger partial charge in [0.05, 0.1) is 11.1 Å². The molecule has 0 heterocycles. The molecule has 3 nitrogen and oxygen atoms in total. The second-order valence-corrected chi connectivity index (χ2v) is 7.14. The Bertz CT molecular complexity index is 529. The van der Waals surface area contributed by atoms with Crippen LogP contribution in [0.1, 0.15) is 26.7 Å². The molecule has 1 aromatic rings. The average molecular weight is 332 g/mol. The first kappa shape index (κ1) is 15.9. The number of ether oxygens (including phenoxy) is 1. The third kappa shape index (κ3) is 3.92. The zero-order valence-corrected chi connectivity index (χ0v) is 13.0. The van der Waals surface area contributed by atoms with Gasteiger partial charge in [0.25, 0.3) is 9.05 Å². The largest absolute Gasteiger partial charge is 0.489 e. The van der Waals surface area contributed by atoms with Gasteiger partial charge in [0.15, 0.2) is 0 Å². The van der Waals surface area contributed by atoms with Crippen LogP contribution in [0.5, 0.6) is 5.75 Å². The van der Waals surface area contributed by atoms with Gasteiger partial charge in [-0.05, 0) is 25.5 Å². The molecule has 7 heteroatoms. The van der Waals surface area contributed by atoms with Crippen molar-refractivity contribution < 1.29 is 13.2 Å². The molecule has 0 spiro atoms. The first-order valence-corrected chi connectivity index (χ1v) is 8.43. The molecule has 0 aromatic heterocycles. The lowest BCUT2D eigenvalue weighted by atomic mass is 10.2. The lowest BCUT2D eigenvalue weighted by molar-refractivity contribution is 0.210. The van der Waals surface area contributed by atoms with Gasteiger partial charge < -0.3 is 4.74 Å². The van der Waals surface area contributed by atoms with Crippen molar-refractivity contribution in [3.8, 4) is 5.75 Å². The molecule has 1 atom stereocenters. The van der Waals surface area contributed by atoms with Gasteiger partial charge in [-0.2, -0.15) is 0 Å². The lowest BCUT2D eigenvalue weighted by Crippen LogP contribution is -2.11. The number of halogens is 3. The van der Waals surface area contributed by atoms with Gasteiger partial charge in [-0.25, -0.2) is 8.42 Å². The fourth-order valence-electron chi connectivity index (χ4n) is 1.48. The molecule has 102 valence electrons. The van der Waals surface area contributed by atoms with E-state index in [2.05, 4.69) is 0 Å². The molecule has 0 N–H and O–H groups in total. The molecule has 0 saturated carbocycles. The van der Waals surface area contributed by atoms with Crippen molar-refractivity contribution in [3.63, 3.8) is 0 Å². The minimum Gasteiger partial charge on any atom is -0.489 e. The van der Waals surface area contributed by atoms with Crippen LogP contribution in [0.3, 0.4) is 0 Å². The monoisotopic (exact) mass is 330 g/mol. The van der Waals surface area contributed by atoms with Gasteiger partial charge in [0.1, 0.15) is 15.7 Å². The van der Waals surface area contributed by atoms with E-state index in [0.29, 0.717) is 5.75 Å². The van der Waals surface area contributed by atoms with Gasteiger partial charge in [0.2, 0.25) is 0 Å². The Kier molecular flexibility index (Phi) is 5.59. The second-order valence-electron chi connectivity index (χ2n) is 3.84. The summed E-state index contributed by atoms with van der Waals surface area (Å²) in [4.78, 5) is -0.216. The molecule has 0 aliphatic heterocycles. The summed E-state index contributed by atoms with van der Waals surface area (Å²) in [6, 6.07) is 2.74. The maximum atomic E-state index is 11.2. The molecule has 0 radical (unpaired) electrons. The highest BCUT2D eigenvalue weighted by atomic mass is 35.7. The van der Waals surface area contributed by atoms with Crippen LogP contribution in [0, 0.1) is 0 Å². The quantitative estimate of drug-likeness (QED) is 0.747. The van der Waals surface area contributed by atoms with E-state index in [1.165, 1.54) is 12.1 Å². The fourth-order valence-corrected chi connectivity index (χ4v) is 3.25. The summed E-state index contributed by atoms with van der Waals surface area (Å²) in [5.74, 6) is 0.353. The Morgan fingerprint density at radius 1 is 1.28 bits per heavy atom. The van der Waals surface area contributed by atoms with Crippen LogP contribution in [0.15, 0.2) is 17.0 Å². The third-order valence-corrected chi connectivity index (χ3v) is 4.64. The van der Waals surface area contributed by atoms with Crippen LogP contribution in [-0.4, -0.2) is 14.5 Å². The van der Waals surface area contributed by atoms with Crippen molar-refractivity contribution in [1.82, 2.24) is 0 Å². The van der Waals surface area contributed by atoms with E-state index in [1.807, 2.05) is 13.8 Å². The van der Waals surface area contributed by atoms with E-state index >= 15 is 0 Å². The Hall–Kier alpha value is -0.160. The summed E-state index contributed by atoms with van der Waals surface area (Å²) in [7, 11) is 1.32. The van der Waals surface area contributed by atoms with Gasteiger partial charge in [-0.15, -0.1) is 0 Å². The smallest absolute Gasteiger partial charge is 0.262 e. The lowest BCUT2D eigenvalue weighted by Gasteiger charge is -2.16. The number of rotatable bonds is 5. The van der Waals surface area contributed by atoms with Crippen LogP contribution in [0.25, 0.3) is 0 Å². The van der Waals surface area contributed by atoms with Crippen molar-refractivity contribution in [2.75, 3.05) is 0 Å². The van der Waals surface area contributed by atoms with E-state index in [0.717, 1.165) is 12.8 Å². The van der Waals surface area contributed by atoms with Crippen molar-refractivity contribution in [1.29, 1.82) is 0 Å². The normalized spacial score (nSPS) is 13.4. The first-order chi connectivity index (χ1) is 8.27. The molecule has 1 unspecified atom stereocenters. The van der Waals surface area contributed by atoms with Crippen LogP contribution < -0.4 is 4.74 Å². The molecule has 0 amide bonds. The topological polar surface area (TPSA) is 43.4 Å². The summed E-state index contributed by atoms with van der Waals surface area (Å²) < 4.78 is 28.0. The van der Waals surface area contributed by atoms with E-state index in [-0.39, 0.29) is 21.0 Å². The molecule has 18 heavy (non-hydrogen) atoms. The molecule has 0 aliphatic carbocycles. The minimum atomic E-state index is -3.91. The van der Waals surface area contributed by atoms with Gasteiger partial charge >= 0.3 is 0 Å². The summed E-state index contributed by atoms with van der Waals surface area (Å²) in [6.45, 7) is 3.94. The zero-order chi connectivity index (χ0) is 13.9. The Morgan fingerprint density at radius 2 is 1.89 bits per heavy atom. The first-order valence-electron chi connectivity index (χ1n) is 5.36. The van der Waals surface area contributed by atoms with E-state index in [4.69, 9.17) is 38.6 Å². The molecule has 0 fully saturated rings. The predicted molar refractivity (Wildman–Crippen MR) is 74.5 cm³/mol. The third-order valence-electron chi connectivity index (χ3n) is 2.30. The van der Waals surface area contributed by atoms with E-state index in [9.17, 15) is 8.42 Å². The minimum absolute atomic E-state index is 0.0259. The molecular formula is C11H13Cl3O3S. The number of hydrogen-bond donors (Lipinski definition) is 0. The summed E-state index contributed by atoms with van der Waals surface area (Å²) in [6.07, 6.45) is 1.81. The summed E-state index contributed by atoms with van der Waals surface area (Å²) >= 11 is 11.8. The van der Waals surface area contributed by atoms with E-state index < -0.39 is 9.05 Å². The predicted octanol–water partition coefficient (Wildman–Crippen LogP) is 4.49. The van der Waals surface area contributed by atoms with Crippen LogP contribution in [-0.2, 0) is 9.05 Å². The Labute approximate surface area is 121 Å². The maximum absolute atomic E-state index is 11.2. The molecule has 1 aromatic carbocycles. The summed E-state index contributed by atoms with van der Waals surface area (Å²) in [5.41, 5.74) is 0. The average Bonchev–Trinajstić information content (AvgIpc) is 2.23. The van der Waals surface area contributed by atoms with Crippen molar-refractivity contribution in [3.05, 3.63) is 22.2 Å². The highest BCUT2D eigenvalue weighted by Gasteiger charge is 2.20. The van der Waals surface area contributed by atoms with Crippen molar-refractivity contribution in [2.24, 2.45) is 0 Å². The Balaban J connectivity index is 3.09. The second kappa shape index (κ2) is 6.33. The molecule has 0 saturated heterocycles. The SMILES string of the molecule is CCCC(C)Oc1ccc(S(=O)(=O)Cl)c(Cl)c1Cl. The molecule has 0 bridgehead atoms. The molecule has 0 aliphatic rings. The molecular weight excluding hydrogens is 319 g/mol. The van der Waals surface area contributed by atoms with Crippen LogP contribution in [0.4, 0.5) is 0 Å². The van der Waals surface area contributed by atoms with Crippen LogP contribution >= 0.6 is 33.9 Å². The van der Waals surface area contributed by atoms with Gasteiger partial charge in [0, 0.05) is 10.7 Å². The number of hydrogen-bond acceptors (Lipinski definition) is 3. The zero-order valence-electron chi connectivity index (χ0n) is 9.91. The van der Waals surface area contributed by atoms with Gasteiger partial charge in [-0.3, -0.25) is 0 Å². The van der Waals surface area contributed by atoms with Crippen molar-refractivity contribution in [2.45, 2.75) is 37.7 Å². The van der Waals surface area contributed by atoms with Crippen molar-refractivity contribution >= 4 is 42.9 Å². The maximum Gasteiger partial charge on any atom is 0.262 e. The fraction of sp³-hybridized carbons (Fsp3) is 0.455. The number of benzene rings is 1. The Morgan fingerprint density at radius 3 is 2.39 bits per heavy atom. The highest BCUT2D eigenvalue weighted by Crippen LogP contribution is 2.38. The highest BCUT2D eigenvalue weighted by molar-refractivity contribution is 8.13. The van der Waals surface area contributed by atoms with E-state index in [1.54, 1.807) is 0 Å². The van der Waals surface area contributed by atoms with Gasteiger partial charge in [-0.1, -0.05) is 36.5 Å². The van der Waals surface area contributed by atoms with Crippen LogP contribution in [0.2, 0.25) is 10.0 Å². The summed E-state index contributed by atoms with van der Waals surface area (Å²) in [5, 5.41) is -0.0609.